The molecule has 0 aliphatic heterocycles. The van der Waals surface area contributed by atoms with Gasteiger partial charge in [-0.3, -0.25) is 4.79 Å². The molecule has 0 atom stereocenters. The van der Waals surface area contributed by atoms with Gasteiger partial charge in [-0.15, -0.1) is 0 Å². The lowest BCUT2D eigenvalue weighted by molar-refractivity contribution is -0.144. The van der Waals surface area contributed by atoms with Gasteiger partial charge in [-0.05, 0) is 29.2 Å². The van der Waals surface area contributed by atoms with E-state index < -0.39 is 0 Å². The monoisotopic (exact) mass is 300 g/mol. The smallest absolute Gasteiger partial charge is 0.308 e. The molecule has 2 aromatic rings. The second-order valence-corrected chi connectivity index (χ2v) is 5.32. The lowest BCUT2D eigenvalue weighted by Gasteiger charge is -2.08. The number of carbonyl (C=O) groups excluding carboxylic acids is 1. The molecule has 118 valence electrons. The summed E-state index contributed by atoms with van der Waals surface area (Å²) in [6.07, 6.45) is 3.15. The number of carbonyl (C=O) groups is 1. The number of unbranched alkanes of at least 4 members (excludes halogenated alkanes) is 1. The van der Waals surface area contributed by atoms with E-state index in [1.54, 1.807) is 0 Å². The van der Waals surface area contributed by atoms with E-state index in [9.17, 15) is 4.79 Å². The summed E-state index contributed by atoms with van der Waals surface area (Å²) in [7, 11) is 0. The van der Waals surface area contributed by atoms with Gasteiger partial charge in [-0.2, -0.15) is 0 Å². The molecule has 0 amide bonds. The number of rotatable bonds is 9. The van der Waals surface area contributed by atoms with Crippen molar-refractivity contribution in [3.63, 3.8) is 0 Å². The lowest BCUT2D eigenvalue weighted by atomic mass is 10.0. The molecule has 0 spiro atoms. The average Bonchev–Trinajstić information content (AvgIpc) is 2.55. The van der Waals surface area contributed by atoms with Crippen LogP contribution in [0.5, 0.6) is 0 Å². The predicted octanol–water partition coefficient (Wildman–Crippen LogP) is 4.13. The Kier molecular flexibility index (Phi) is 6.91. The summed E-state index contributed by atoms with van der Waals surface area (Å²) in [6.45, 7) is 3.64. The van der Waals surface area contributed by atoms with Crippen molar-refractivity contribution in [2.24, 2.45) is 0 Å². The Hall–Kier alpha value is -1.87. The maximum absolute atomic E-state index is 11.4. The minimum Gasteiger partial charge on any atom is -0.466 e. The van der Waals surface area contributed by atoms with Gasteiger partial charge < -0.3 is 9.47 Å². The Bertz CT molecular complexity index is 587. The van der Waals surface area contributed by atoms with Crippen LogP contribution in [0.25, 0.3) is 10.8 Å². The number of ether oxygens (including phenoxy) is 2. The van der Waals surface area contributed by atoms with Gasteiger partial charge in [0.05, 0.1) is 26.2 Å². The number of hydrogen-bond acceptors (Lipinski definition) is 3. The molecule has 2 aromatic carbocycles. The Balaban J connectivity index is 1.69. The number of fused-ring (bicyclic) bond motifs is 1. The fraction of sp³-hybridized carbons (Fsp3) is 0.421. The fourth-order valence-electron chi connectivity index (χ4n) is 2.35. The van der Waals surface area contributed by atoms with E-state index in [0.29, 0.717) is 26.2 Å². The molecular formula is C19H24O3. The van der Waals surface area contributed by atoms with Gasteiger partial charge >= 0.3 is 5.97 Å². The number of benzene rings is 2. The van der Waals surface area contributed by atoms with E-state index in [0.717, 1.165) is 19.3 Å². The topological polar surface area (TPSA) is 35.5 Å². The Morgan fingerprint density at radius 2 is 1.82 bits per heavy atom. The molecule has 0 N–H and O–H groups in total. The molecule has 0 heterocycles. The van der Waals surface area contributed by atoms with Crippen LogP contribution in [0.4, 0.5) is 0 Å². The van der Waals surface area contributed by atoms with E-state index in [1.807, 2.05) is 6.07 Å². The Morgan fingerprint density at radius 3 is 2.68 bits per heavy atom. The van der Waals surface area contributed by atoms with Gasteiger partial charge in [-0.25, -0.2) is 0 Å². The molecule has 0 unspecified atom stereocenters. The zero-order valence-electron chi connectivity index (χ0n) is 13.2. The third kappa shape index (κ3) is 5.15. The van der Waals surface area contributed by atoms with Crippen LogP contribution >= 0.6 is 0 Å². The van der Waals surface area contributed by atoms with Gasteiger partial charge in [0.15, 0.2) is 0 Å². The van der Waals surface area contributed by atoms with E-state index in [1.165, 1.54) is 16.3 Å². The molecule has 0 saturated carbocycles. The molecule has 0 radical (unpaired) electrons. The summed E-state index contributed by atoms with van der Waals surface area (Å²) in [5.41, 5.74) is 1.28. The fourth-order valence-corrected chi connectivity index (χ4v) is 2.35. The van der Waals surface area contributed by atoms with Gasteiger partial charge in [0.2, 0.25) is 0 Å². The van der Waals surface area contributed by atoms with Crippen LogP contribution in [-0.4, -0.2) is 25.8 Å². The highest BCUT2D eigenvalue weighted by molar-refractivity contribution is 5.85. The molecule has 0 aliphatic carbocycles. The first kappa shape index (κ1) is 16.5. The normalized spacial score (nSPS) is 10.8. The summed E-state index contributed by atoms with van der Waals surface area (Å²) >= 11 is 0. The molecule has 3 heteroatoms. The zero-order chi connectivity index (χ0) is 15.6. The molecule has 0 aromatic heterocycles. The molecular weight excluding hydrogens is 276 g/mol. The second-order valence-electron chi connectivity index (χ2n) is 5.32. The summed E-state index contributed by atoms with van der Waals surface area (Å²) < 4.78 is 10.6. The molecule has 0 bridgehead atoms. The SMILES string of the molecule is CCCCOC(=O)CCOCCc1cccc2ccccc12. The minimum absolute atomic E-state index is 0.168. The average molecular weight is 300 g/mol. The quantitative estimate of drug-likeness (QED) is 0.516. The maximum Gasteiger partial charge on any atom is 0.308 e. The minimum atomic E-state index is -0.168. The Labute approximate surface area is 132 Å². The van der Waals surface area contributed by atoms with Crippen LogP contribution < -0.4 is 0 Å². The third-order valence-corrected chi connectivity index (χ3v) is 3.61. The van der Waals surface area contributed by atoms with Crippen molar-refractivity contribution < 1.29 is 14.3 Å². The van der Waals surface area contributed by atoms with Crippen LogP contribution in [-0.2, 0) is 20.7 Å². The van der Waals surface area contributed by atoms with Gasteiger partial charge in [0.25, 0.3) is 0 Å². The largest absolute Gasteiger partial charge is 0.466 e. The number of esters is 1. The van der Waals surface area contributed by atoms with Crippen molar-refractivity contribution >= 4 is 16.7 Å². The van der Waals surface area contributed by atoms with Gasteiger partial charge in [0.1, 0.15) is 0 Å². The highest BCUT2D eigenvalue weighted by Crippen LogP contribution is 2.18. The molecule has 2 rings (SSSR count). The lowest BCUT2D eigenvalue weighted by Crippen LogP contribution is -2.10. The van der Waals surface area contributed by atoms with Crippen LogP contribution in [0.1, 0.15) is 31.7 Å². The van der Waals surface area contributed by atoms with Crippen LogP contribution in [0.15, 0.2) is 42.5 Å². The summed E-state index contributed by atoms with van der Waals surface area (Å²) in [6, 6.07) is 14.7. The van der Waals surface area contributed by atoms with Crippen molar-refractivity contribution in [3.8, 4) is 0 Å². The van der Waals surface area contributed by atoms with E-state index in [2.05, 4.69) is 43.3 Å². The predicted molar refractivity (Wildman–Crippen MR) is 89.0 cm³/mol. The summed E-state index contributed by atoms with van der Waals surface area (Å²) in [5, 5.41) is 2.52. The Morgan fingerprint density at radius 1 is 1.00 bits per heavy atom. The van der Waals surface area contributed by atoms with Crippen LogP contribution in [0.3, 0.4) is 0 Å². The second kappa shape index (κ2) is 9.21. The third-order valence-electron chi connectivity index (χ3n) is 3.61. The van der Waals surface area contributed by atoms with Crippen molar-refractivity contribution in [1.82, 2.24) is 0 Å². The maximum atomic E-state index is 11.4. The molecule has 22 heavy (non-hydrogen) atoms. The first-order valence-corrected chi connectivity index (χ1v) is 8.01. The van der Waals surface area contributed by atoms with Gasteiger partial charge in [0, 0.05) is 0 Å². The van der Waals surface area contributed by atoms with Crippen LogP contribution in [0, 0.1) is 0 Å². The summed E-state index contributed by atoms with van der Waals surface area (Å²) in [5.74, 6) is -0.168. The van der Waals surface area contributed by atoms with Crippen LogP contribution in [0.2, 0.25) is 0 Å². The summed E-state index contributed by atoms with van der Waals surface area (Å²) in [4.78, 5) is 11.4. The molecule has 0 aliphatic rings. The highest BCUT2D eigenvalue weighted by Gasteiger charge is 2.03. The standard InChI is InChI=1S/C19H24O3/c1-2-3-13-22-19(20)12-15-21-14-11-17-9-6-8-16-7-4-5-10-18(16)17/h4-10H,2-3,11-15H2,1H3. The zero-order valence-corrected chi connectivity index (χ0v) is 13.2. The highest BCUT2D eigenvalue weighted by atomic mass is 16.5. The van der Waals surface area contributed by atoms with E-state index in [-0.39, 0.29) is 5.97 Å². The molecule has 0 fully saturated rings. The van der Waals surface area contributed by atoms with Gasteiger partial charge in [-0.1, -0.05) is 55.8 Å². The van der Waals surface area contributed by atoms with Crippen molar-refractivity contribution in [2.75, 3.05) is 19.8 Å². The first-order chi connectivity index (χ1) is 10.8. The van der Waals surface area contributed by atoms with Crippen molar-refractivity contribution in [2.45, 2.75) is 32.6 Å². The molecule has 0 saturated heterocycles. The van der Waals surface area contributed by atoms with E-state index >= 15 is 0 Å². The molecule has 3 nitrogen and oxygen atoms in total. The number of hydrogen-bond donors (Lipinski definition) is 0. The van der Waals surface area contributed by atoms with Crippen molar-refractivity contribution in [3.05, 3.63) is 48.0 Å². The first-order valence-electron chi connectivity index (χ1n) is 8.01. The van der Waals surface area contributed by atoms with E-state index in [4.69, 9.17) is 9.47 Å². The van der Waals surface area contributed by atoms with Crippen molar-refractivity contribution in [1.29, 1.82) is 0 Å².